The summed E-state index contributed by atoms with van der Waals surface area (Å²) in [5.41, 5.74) is 0. The minimum absolute atomic E-state index is 0.157. The van der Waals surface area contributed by atoms with E-state index in [0.29, 0.717) is 17.5 Å². The minimum atomic E-state index is -3.58. The van der Waals surface area contributed by atoms with Gasteiger partial charge in [-0.25, -0.2) is 13.1 Å². The first-order chi connectivity index (χ1) is 13.3. The molecule has 0 aromatic heterocycles. The van der Waals surface area contributed by atoms with E-state index in [0.717, 1.165) is 32.5 Å². The Kier molecular flexibility index (Phi) is 11.4. The zero-order chi connectivity index (χ0) is 21.0. The topological polar surface area (TPSA) is 85.8 Å². The fourth-order valence-electron chi connectivity index (χ4n) is 2.74. The molecule has 0 heterocycles. The molecule has 0 radical (unpaired) electrons. The Balaban J connectivity index is 2.34. The lowest BCUT2D eigenvalue weighted by Gasteiger charge is -2.21. The van der Waals surface area contributed by atoms with Crippen LogP contribution in [0.3, 0.4) is 0 Å². The van der Waals surface area contributed by atoms with Gasteiger partial charge in [-0.15, -0.1) is 0 Å². The Hall–Kier alpha value is -1.35. The van der Waals surface area contributed by atoms with Crippen LogP contribution in [0.4, 0.5) is 0 Å². The number of guanidine groups is 1. The summed E-state index contributed by atoms with van der Waals surface area (Å²) in [5.74, 6) is 0.664. The molecule has 0 aliphatic rings. The maximum atomic E-state index is 12.3. The van der Waals surface area contributed by atoms with Crippen molar-refractivity contribution in [1.29, 1.82) is 0 Å². The van der Waals surface area contributed by atoms with Gasteiger partial charge >= 0.3 is 0 Å². The van der Waals surface area contributed by atoms with Crippen LogP contribution in [0.1, 0.15) is 33.6 Å². The third-order valence-electron chi connectivity index (χ3n) is 4.43. The summed E-state index contributed by atoms with van der Waals surface area (Å²) in [6.07, 6.45) is 2.16. The number of hydrogen-bond acceptors (Lipinski definition) is 4. The number of nitrogens with one attached hydrogen (secondary N) is 3. The molecule has 9 heteroatoms. The number of sulfonamides is 1. The number of hydrogen-bond donors (Lipinski definition) is 3. The molecule has 0 bridgehead atoms. The van der Waals surface area contributed by atoms with Gasteiger partial charge < -0.3 is 15.5 Å². The molecule has 3 N–H and O–H groups in total. The summed E-state index contributed by atoms with van der Waals surface area (Å²) >= 11 is 5.86. The second kappa shape index (κ2) is 13.0. The van der Waals surface area contributed by atoms with Gasteiger partial charge in [0.05, 0.1) is 4.90 Å². The van der Waals surface area contributed by atoms with Crippen LogP contribution < -0.4 is 15.4 Å². The van der Waals surface area contributed by atoms with E-state index in [1.165, 1.54) is 12.1 Å². The fraction of sp³-hybridized carbons (Fsp3) is 0.632. The predicted octanol–water partition coefficient (Wildman–Crippen LogP) is 2.29. The average molecular weight is 432 g/mol. The summed E-state index contributed by atoms with van der Waals surface area (Å²) in [6.45, 7) is 10.4. The monoisotopic (exact) mass is 431 g/mol. The van der Waals surface area contributed by atoms with Crippen LogP contribution in [0.15, 0.2) is 34.2 Å². The van der Waals surface area contributed by atoms with Crippen LogP contribution in [-0.4, -0.2) is 65.1 Å². The van der Waals surface area contributed by atoms with E-state index in [1.807, 2.05) is 0 Å². The Morgan fingerprint density at radius 1 is 1.25 bits per heavy atom. The number of aliphatic imine (C=N–C) groups is 1. The van der Waals surface area contributed by atoms with Gasteiger partial charge in [0.15, 0.2) is 5.96 Å². The zero-order valence-electron chi connectivity index (χ0n) is 17.3. The molecule has 1 unspecified atom stereocenters. The van der Waals surface area contributed by atoms with Gasteiger partial charge in [0.25, 0.3) is 0 Å². The smallest absolute Gasteiger partial charge is 0.240 e. The molecule has 1 rings (SSSR count). The van der Waals surface area contributed by atoms with Gasteiger partial charge in [0.2, 0.25) is 10.0 Å². The minimum Gasteiger partial charge on any atom is -0.355 e. The van der Waals surface area contributed by atoms with E-state index in [4.69, 9.17) is 11.6 Å². The largest absolute Gasteiger partial charge is 0.355 e. The summed E-state index contributed by atoms with van der Waals surface area (Å²) in [4.78, 5) is 6.76. The number of halogens is 1. The lowest BCUT2D eigenvalue weighted by molar-refractivity contribution is 0.292. The summed E-state index contributed by atoms with van der Waals surface area (Å²) < 4.78 is 27.1. The predicted molar refractivity (Wildman–Crippen MR) is 118 cm³/mol. The molecular formula is C19H34ClN5O2S. The van der Waals surface area contributed by atoms with Crippen LogP contribution in [-0.2, 0) is 10.0 Å². The van der Waals surface area contributed by atoms with E-state index in [-0.39, 0.29) is 17.5 Å². The second-order valence-electron chi connectivity index (χ2n) is 6.57. The Morgan fingerprint density at radius 3 is 2.57 bits per heavy atom. The summed E-state index contributed by atoms with van der Waals surface area (Å²) in [5, 5.41) is 6.86. The normalized spacial score (nSPS) is 13.6. The van der Waals surface area contributed by atoms with E-state index < -0.39 is 10.0 Å². The van der Waals surface area contributed by atoms with Crippen molar-refractivity contribution in [3.63, 3.8) is 0 Å². The highest BCUT2D eigenvalue weighted by molar-refractivity contribution is 7.89. The number of nitrogens with zero attached hydrogens (tertiary/aromatic N) is 2. The van der Waals surface area contributed by atoms with Gasteiger partial charge in [-0.1, -0.05) is 31.5 Å². The SMILES string of the molecule is CCN(CC)CCCC(C)NC(=NC)NCCNS(=O)(=O)c1cccc(Cl)c1. The third-order valence-corrected chi connectivity index (χ3v) is 6.12. The standard InChI is InChI=1S/C19H34ClN5O2S/c1-5-25(6-2)14-8-9-16(3)24-19(21-4)22-12-13-23-28(26,27)18-11-7-10-17(20)15-18/h7,10-11,15-16,23H,5-6,8-9,12-14H2,1-4H3,(H2,21,22,24). The highest BCUT2D eigenvalue weighted by Gasteiger charge is 2.13. The molecule has 0 saturated heterocycles. The van der Waals surface area contributed by atoms with Crippen molar-refractivity contribution in [3.05, 3.63) is 29.3 Å². The van der Waals surface area contributed by atoms with Gasteiger partial charge in [-0.2, -0.15) is 0 Å². The first-order valence-electron chi connectivity index (χ1n) is 9.77. The van der Waals surface area contributed by atoms with Crippen molar-refractivity contribution >= 4 is 27.6 Å². The summed E-state index contributed by atoms with van der Waals surface area (Å²) in [6, 6.07) is 6.48. The molecule has 1 aromatic rings. The van der Waals surface area contributed by atoms with Crippen molar-refractivity contribution in [1.82, 2.24) is 20.3 Å². The van der Waals surface area contributed by atoms with Gasteiger partial charge in [0, 0.05) is 31.2 Å². The third kappa shape index (κ3) is 9.23. The molecule has 0 aliphatic heterocycles. The maximum absolute atomic E-state index is 12.3. The first kappa shape index (κ1) is 24.7. The molecule has 0 aliphatic carbocycles. The van der Waals surface area contributed by atoms with E-state index in [1.54, 1.807) is 19.2 Å². The lowest BCUT2D eigenvalue weighted by atomic mass is 10.2. The molecule has 7 nitrogen and oxygen atoms in total. The van der Waals surface area contributed by atoms with E-state index in [2.05, 4.69) is 46.0 Å². The van der Waals surface area contributed by atoms with E-state index >= 15 is 0 Å². The average Bonchev–Trinajstić information content (AvgIpc) is 2.67. The van der Waals surface area contributed by atoms with Crippen molar-refractivity contribution in [2.75, 3.05) is 39.8 Å². The van der Waals surface area contributed by atoms with Gasteiger partial charge in [-0.3, -0.25) is 4.99 Å². The molecule has 0 amide bonds. The second-order valence-corrected chi connectivity index (χ2v) is 8.77. The van der Waals surface area contributed by atoms with Crippen molar-refractivity contribution in [2.24, 2.45) is 4.99 Å². The van der Waals surface area contributed by atoms with Gasteiger partial charge in [0.1, 0.15) is 0 Å². The molecule has 1 atom stereocenters. The zero-order valence-corrected chi connectivity index (χ0v) is 18.9. The van der Waals surface area contributed by atoms with Crippen molar-refractivity contribution in [2.45, 2.75) is 44.6 Å². The van der Waals surface area contributed by atoms with Crippen LogP contribution in [0.5, 0.6) is 0 Å². The molecule has 0 fully saturated rings. The Labute approximate surface area is 175 Å². The van der Waals surface area contributed by atoms with Crippen LogP contribution >= 0.6 is 11.6 Å². The molecule has 0 saturated carbocycles. The Bertz CT molecular complexity index is 708. The van der Waals surface area contributed by atoms with Gasteiger partial charge in [-0.05, 0) is 57.6 Å². The summed E-state index contributed by atoms with van der Waals surface area (Å²) in [7, 11) is -1.87. The maximum Gasteiger partial charge on any atom is 0.240 e. The molecule has 160 valence electrons. The van der Waals surface area contributed by atoms with Crippen LogP contribution in [0.2, 0.25) is 5.02 Å². The highest BCUT2D eigenvalue weighted by Crippen LogP contribution is 2.14. The van der Waals surface area contributed by atoms with Crippen molar-refractivity contribution < 1.29 is 8.42 Å². The number of rotatable bonds is 12. The molecule has 1 aromatic carbocycles. The quantitative estimate of drug-likeness (QED) is 0.268. The molecular weight excluding hydrogens is 398 g/mol. The fourth-order valence-corrected chi connectivity index (χ4v) is 4.08. The molecule has 28 heavy (non-hydrogen) atoms. The van der Waals surface area contributed by atoms with E-state index in [9.17, 15) is 8.42 Å². The number of benzene rings is 1. The van der Waals surface area contributed by atoms with Crippen LogP contribution in [0.25, 0.3) is 0 Å². The first-order valence-corrected chi connectivity index (χ1v) is 11.6. The van der Waals surface area contributed by atoms with Crippen LogP contribution in [0, 0.1) is 0 Å². The lowest BCUT2D eigenvalue weighted by Crippen LogP contribution is -2.45. The molecule has 0 spiro atoms. The van der Waals surface area contributed by atoms with Crippen molar-refractivity contribution in [3.8, 4) is 0 Å². The Morgan fingerprint density at radius 2 is 1.96 bits per heavy atom. The highest BCUT2D eigenvalue weighted by atomic mass is 35.5.